The summed E-state index contributed by atoms with van der Waals surface area (Å²) in [6.45, 7) is 8.80. The van der Waals surface area contributed by atoms with Crippen LogP contribution >= 0.6 is 23.2 Å². The minimum atomic E-state index is -3.55. The molecule has 0 bridgehead atoms. The molecule has 0 atom stereocenters. The van der Waals surface area contributed by atoms with Crippen LogP contribution < -0.4 is 4.72 Å². The van der Waals surface area contributed by atoms with E-state index in [0.717, 1.165) is 0 Å². The van der Waals surface area contributed by atoms with Crippen molar-refractivity contribution < 1.29 is 8.42 Å². The van der Waals surface area contributed by atoms with Crippen LogP contribution in [0.5, 0.6) is 0 Å². The fraction of sp³-hybridized carbons (Fsp3) is 0.571. The van der Waals surface area contributed by atoms with Gasteiger partial charge in [-0.3, -0.25) is 0 Å². The van der Waals surface area contributed by atoms with Crippen molar-refractivity contribution in [3.63, 3.8) is 0 Å². The Kier molecular flexibility index (Phi) is 6.32. The number of hydrogen-bond donors (Lipinski definition) is 1. The van der Waals surface area contributed by atoms with Crippen LogP contribution in [0.25, 0.3) is 0 Å². The lowest BCUT2D eigenvalue weighted by Gasteiger charge is -2.25. The first-order valence-corrected chi connectivity index (χ1v) is 8.83. The number of rotatable bonds is 6. The van der Waals surface area contributed by atoms with E-state index >= 15 is 0 Å². The van der Waals surface area contributed by atoms with E-state index in [1.165, 1.54) is 18.2 Å². The van der Waals surface area contributed by atoms with Gasteiger partial charge in [0, 0.05) is 6.54 Å². The highest BCUT2D eigenvalue weighted by atomic mass is 35.5. The normalized spacial score (nSPS) is 12.7. The number of halogens is 2. The van der Waals surface area contributed by atoms with Gasteiger partial charge in [0.1, 0.15) is 0 Å². The van der Waals surface area contributed by atoms with Crippen molar-refractivity contribution in [2.24, 2.45) is 17.8 Å². The first-order valence-electron chi connectivity index (χ1n) is 6.60. The maximum atomic E-state index is 12.2. The molecule has 0 spiro atoms. The monoisotopic (exact) mass is 337 g/mol. The molecule has 0 aliphatic carbocycles. The largest absolute Gasteiger partial charge is 0.240 e. The molecule has 0 aliphatic heterocycles. The molecule has 0 unspecified atom stereocenters. The first-order chi connectivity index (χ1) is 9.15. The maximum Gasteiger partial charge on any atom is 0.240 e. The fourth-order valence-electron chi connectivity index (χ4n) is 2.17. The third-order valence-corrected chi connectivity index (χ3v) is 5.58. The predicted octanol–water partition coefficient (Wildman–Crippen LogP) is 4.20. The number of nitrogens with one attached hydrogen (secondary N) is 1. The Morgan fingerprint density at radius 1 is 1.05 bits per heavy atom. The average Bonchev–Trinajstić information content (AvgIpc) is 2.31. The van der Waals surface area contributed by atoms with Crippen molar-refractivity contribution in [3.8, 4) is 0 Å². The summed E-state index contributed by atoms with van der Waals surface area (Å²) in [7, 11) is -3.55. The molecule has 1 aromatic rings. The van der Waals surface area contributed by atoms with E-state index in [4.69, 9.17) is 23.2 Å². The molecule has 0 aliphatic rings. The van der Waals surface area contributed by atoms with Gasteiger partial charge in [0.2, 0.25) is 10.0 Å². The maximum absolute atomic E-state index is 12.2. The molecule has 0 amide bonds. The molecule has 0 fully saturated rings. The van der Waals surface area contributed by atoms with Crippen molar-refractivity contribution in [1.82, 2.24) is 4.72 Å². The molecule has 3 nitrogen and oxygen atoms in total. The molecule has 0 heterocycles. The van der Waals surface area contributed by atoms with Gasteiger partial charge in [-0.1, -0.05) is 50.9 Å². The summed E-state index contributed by atoms with van der Waals surface area (Å²) >= 11 is 11.7. The Balaban J connectivity index is 2.87. The van der Waals surface area contributed by atoms with Gasteiger partial charge in [0.15, 0.2) is 0 Å². The summed E-state index contributed by atoms with van der Waals surface area (Å²) < 4.78 is 27.1. The van der Waals surface area contributed by atoms with Crippen molar-refractivity contribution in [3.05, 3.63) is 28.2 Å². The highest BCUT2D eigenvalue weighted by Crippen LogP contribution is 2.25. The fourth-order valence-corrected chi connectivity index (χ4v) is 3.64. The molecule has 1 N–H and O–H groups in total. The molecule has 0 aromatic heterocycles. The zero-order valence-electron chi connectivity index (χ0n) is 12.2. The van der Waals surface area contributed by atoms with E-state index in [2.05, 4.69) is 32.4 Å². The van der Waals surface area contributed by atoms with Gasteiger partial charge >= 0.3 is 0 Å². The topological polar surface area (TPSA) is 46.2 Å². The molecule has 0 saturated carbocycles. The minimum Gasteiger partial charge on any atom is -0.211 e. The van der Waals surface area contributed by atoms with Crippen LogP contribution in [0.4, 0.5) is 0 Å². The van der Waals surface area contributed by atoms with Crippen molar-refractivity contribution >= 4 is 33.2 Å². The molecule has 0 saturated heterocycles. The van der Waals surface area contributed by atoms with Gasteiger partial charge in [-0.15, -0.1) is 0 Å². The van der Waals surface area contributed by atoms with Gasteiger partial charge in [0.25, 0.3) is 0 Å². The van der Waals surface area contributed by atoms with E-state index in [9.17, 15) is 8.42 Å². The quantitative estimate of drug-likeness (QED) is 0.845. The SMILES string of the molecule is CC(C)C(CNS(=O)(=O)c1ccc(Cl)c(Cl)c1)C(C)C. The molecule has 6 heteroatoms. The molecule has 1 rings (SSSR count). The number of benzene rings is 1. The molecule has 1 aromatic carbocycles. The second-order valence-electron chi connectivity index (χ2n) is 5.58. The first kappa shape index (κ1) is 17.8. The Bertz CT molecular complexity index is 548. The Hall–Kier alpha value is -0.290. The molecule has 114 valence electrons. The van der Waals surface area contributed by atoms with E-state index in [1.54, 1.807) is 0 Å². The average molecular weight is 338 g/mol. The summed E-state index contributed by atoms with van der Waals surface area (Å²) in [5, 5.41) is 0.576. The Morgan fingerprint density at radius 2 is 1.60 bits per heavy atom. The van der Waals surface area contributed by atoms with Crippen LogP contribution in [0.1, 0.15) is 27.7 Å². The van der Waals surface area contributed by atoms with Gasteiger partial charge < -0.3 is 0 Å². The van der Waals surface area contributed by atoms with E-state index in [0.29, 0.717) is 23.4 Å². The standard InChI is InChI=1S/C14H21Cl2NO2S/c1-9(2)12(10(3)4)8-17-20(18,19)11-5-6-13(15)14(16)7-11/h5-7,9-10,12,17H,8H2,1-4H3. The van der Waals surface area contributed by atoms with Crippen molar-refractivity contribution in [2.75, 3.05) is 6.54 Å². The van der Waals surface area contributed by atoms with Crippen LogP contribution in [-0.4, -0.2) is 15.0 Å². The Morgan fingerprint density at radius 3 is 2.05 bits per heavy atom. The lowest BCUT2D eigenvalue weighted by Crippen LogP contribution is -2.33. The second kappa shape index (κ2) is 7.12. The molecule has 0 radical (unpaired) electrons. The van der Waals surface area contributed by atoms with Crippen LogP contribution in [0.2, 0.25) is 10.0 Å². The number of sulfonamides is 1. The van der Waals surface area contributed by atoms with Gasteiger partial charge in [0.05, 0.1) is 14.9 Å². The third kappa shape index (κ3) is 4.62. The van der Waals surface area contributed by atoms with Crippen LogP contribution in [0.15, 0.2) is 23.1 Å². The highest BCUT2D eigenvalue weighted by molar-refractivity contribution is 7.89. The zero-order chi connectivity index (χ0) is 15.5. The van der Waals surface area contributed by atoms with Gasteiger partial charge in [-0.25, -0.2) is 13.1 Å². The van der Waals surface area contributed by atoms with Gasteiger partial charge in [-0.05, 0) is 36.0 Å². The smallest absolute Gasteiger partial charge is 0.211 e. The summed E-state index contributed by atoms with van der Waals surface area (Å²) in [6.07, 6.45) is 0. The summed E-state index contributed by atoms with van der Waals surface area (Å²) in [5.74, 6) is 1.10. The lowest BCUT2D eigenvalue weighted by atomic mass is 9.86. The van der Waals surface area contributed by atoms with Crippen LogP contribution in [-0.2, 0) is 10.0 Å². The summed E-state index contributed by atoms with van der Waals surface area (Å²) in [6, 6.07) is 4.31. The molecule has 20 heavy (non-hydrogen) atoms. The van der Waals surface area contributed by atoms with Crippen molar-refractivity contribution in [1.29, 1.82) is 0 Å². The summed E-state index contributed by atoms with van der Waals surface area (Å²) in [5.41, 5.74) is 0. The predicted molar refractivity (Wildman–Crippen MR) is 84.8 cm³/mol. The second-order valence-corrected chi connectivity index (χ2v) is 8.16. The van der Waals surface area contributed by atoms with E-state index in [1.807, 2.05) is 0 Å². The minimum absolute atomic E-state index is 0.137. The van der Waals surface area contributed by atoms with Crippen LogP contribution in [0.3, 0.4) is 0 Å². The molecular formula is C14H21Cl2NO2S. The van der Waals surface area contributed by atoms with Crippen LogP contribution in [0, 0.1) is 17.8 Å². The third-order valence-electron chi connectivity index (χ3n) is 3.42. The lowest BCUT2D eigenvalue weighted by molar-refractivity contribution is 0.289. The Labute approximate surface area is 131 Å². The van der Waals surface area contributed by atoms with Gasteiger partial charge in [-0.2, -0.15) is 0 Å². The zero-order valence-corrected chi connectivity index (χ0v) is 14.5. The number of hydrogen-bond acceptors (Lipinski definition) is 2. The van der Waals surface area contributed by atoms with E-state index < -0.39 is 10.0 Å². The van der Waals surface area contributed by atoms with Crippen molar-refractivity contribution in [2.45, 2.75) is 32.6 Å². The van der Waals surface area contributed by atoms with E-state index in [-0.39, 0.29) is 15.8 Å². The summed E-state index contributed by atoms with van der Waals surface area (Å²) in [4.78, 5) is 0.137. The highest BCUT2D eigenvalue weighted by Gasteiger charge is 2.22. The molecular weight excluding hydrogens is 317 g/mol.